The van der Waals surface area contributed by atoms with Crippen molar-refractivity contribution in [2.75, 3.05) is 26.8 Å². The number of hydrogen-bond donors (Lipinski definition) is 1. The summed E-state index contributed by atoms with van der Waals surface area (Å²) in [6, 6.07) is 25.4. The van der Waals surface area contributed by atoms with Gasteiger partial charge in [0.15, 0.2) is 0 Å². The molecule has 1 heterocycles. The van der Waals surface area contributed by atoms with Gasteiger partial charge in [-0.1, -0.05) is 54.6 Å². The second kappa shape index (κ2) is 11.3. The van der Waals surface area contributed by atoms with Gasteiger partial charge in [-0.25, -0.2) is 4.79 Å². The van der Waals surface area contributed by atoms with E-state index in [4.69, 9.17) is 9.47 Å². The van der Waals surface area contributed by atoms with Gasteiger partial charge in [0.1, 0.15) is 12.4 Å². The number of fused-ring (bicyclic) bond motifs is 2. The Balaban J connectivity index is 1.32. The van der Waals surface area contributed by atoms with Gasteiger partial charge < -0.3 is 14.5 Å². The lowest BCUT2D eigenvalue weighted by molar-refractivity contribution is -0.134. The van der Waals surface area contributed by atoms with E-state index in [0.717, 1.165) is 43.7 Å². The lowest BCUT2D eigenvalue weighted by Crippen LogP contribution is -2.33. The number of aryl methyl sites for hydroxylation is 1. The van der Waals surface area contributed by atoms with E-state index in [9.17, 15) is 4.79 Å². The van der Waals surface area contributed by atoms with Crippen LogP contribution in [0.3, 0.4) is 0 Å². The zero-order chi connectivity index (χ0) is 24.7. The van der Waals surface area contributed by atoms with Crippen LogP contribution in [-0.4, -0.2) is 42.7 Å². The van der Waals surface area contributed by atoms with Crippen LogP contribution in [0, 0.1) is 0 Å². The highest BCUT2D eigenvalue weighted by molar-refractivity contribution is 5.87. The van der Waals surface area contributed by atoms with Gasteiger partial charge >= 0.3 is 5.97 Å². The van der Waals surface area contributed by atoms with Crippen LogP contribution in [0.1, 0.15) is 34.7 Å². The minimum absolute atomic E-state index is 0.338. The SMILES string of the molecule is COC(=O)/C=C/c1ccc2c(c1)CCC2N(CCOc1ccccc1)CCc1c[nH]c2ccccc12. The van der Waals surface area contributed by atoms with E-state index in [2.05, 4.69) is 58.5 Å². The number of aromatic nitrogens is 1. The standard InChI is InChI=1S/C31H32N2O3/c1-35-31(34)16-12-23-11-14-28-24(21-23)13-15-30(28)33(19-20-36-26-7-3-2-4-8-26)18-17-25-22-32-29-10-6-5-9-27(25)29/h2-12,14,16,21-22,30,32H,13,15,17-20H2,1H3/b16-12+. The molecule has 0 fully saturated rings. The van der Waals surface area contributed by atoms with Crippen molar-refractivity contribution in [1.29, 1.82) is 0 Å². The van der Waals surface area contributed by atoms with Crippen molar-refractivity contribution < 1.29 is 14.3 Å². The van der Waals surface area contributed by atoms with E-state index in [0.29, 0.717) is 12.6 Å². The summed E-state index contributed by atoms with van der Waals surface area (Å²) in [5.41, 5.74) is 6.29. The minimum atomic E-state index is -0.338. The van der Waals surface area contributed by atoms with Gasteiger partial charge in [-0.2, -0.15) is 0 Å². The number of esters is 1. The molecule has 0 radical (unpaired) electrons. The van der Waals surface area contributed by atoms with E-state index in [1.54, 1.807) is 0 Å². The topological polar surface area (TPSA) is 54.6 Å². The van der Waals surface area contributed by atoms with Crippen molar-refractivity contribution in [2.45, 2.75) is 25.3 Å². The van der Waals surface area contributed by atoms with Gasteiger partial charge in [0, 0.05) is 42.3 Å². The maximum Gasteiger partial charge on any atom is 0.330 e. The van der Waals surface area contributed by atoms with Gasteiger partial charge in [-0.3, -0.25) is 4.90 Å². The molecule has 0 aliphatic heterocycles. The first-order valence-electron chi connectivity index (χ1n) is 12.6. The summed E-state index contributed by atoms with van der Waals surface area (Å²) in [5.74, 6) is 0.568. The van der Waals surface area contributed by atoms with Crippen molar-refractivity contribution in [3.63, 3.8) is 0 Å². The fourth-order valence-corrected chi connectivity index (χ4v) is 5.15. The second-order valence-corrected chi connectivity index (χ2v) is 9.18. The summed E-state index contributed by atoms with van der Waals surface area (Å²) in [6.07, 6.45) is 8.53. The number of H-pyrrole nitrogens is 1. The Kier molecular flexibility index (Phi) is 7.48. The van der Waals surface area contributed by atoms with Crippen LogP contribution in [0.15, 0.2) is 85.1 Å². The summed E-state index contributed by atoms with van der Waals surface area (Å²) >= 11 is 0. The Morgan fingerprint density at radius 2 is 1.89 bits per heavy atom. The Labute approximate surface area is 212 Å². The molecule has 4 aromatic rings. The normalized spacial score (nSPS) is 15.0. The number of methoxy groups -OCH3 is 1. The van der Waals surface area contributed by atoms with Crippen LogP contribution in [-0.2, 0) is 22.4 Å². The smallest absolute Gasteiger partial charge is 0.330 e. The molecule has 0 amide bonds. The zero-order valence-corrected chi connectivity index (χ0v) is 20.7. The van der Waals surface area contributed by atoms with Gasteiger partial charge in [-0.05, 0) is 65.8 Å². The molecule has 0 saturated heterocycles. The van der Waals surface area contributed by atoms with Crippen molar-refractivity contribution in [2.24, 2.45) is 0 Å². The van der Waals surface area contributed by atoms with Crippen LogP contribution >= 0.6 is 0 Å². The first-order valence-corrected chi connectivity index (χ1v) is 12.6. The average Bonchev–Trinajstić information content (AvgIpc) is 3.54. The highest BCUT2D eigenvalue weighted by Crippen LogP contribution is 2.36. The maximum absolute atomic E-state index is 11.5. The Hall–Kier alpha value is -3.83. The van der Waals surface area contributed by atoms with E-state index >= 15 is 0 Å². The number of nitrogens with zero attached hydrogens (tertiary/aromatic N) is 1. The number of carbonyl (C=O) groups is 1. The molecule has 5 heteroatoms. The fraction of sp³-hybridized carbons (Fsp3) is 0.258. The predicted molar refractivity (Wildman–Crippen MR) is 144 cm³/mol. The largest absolute Gasteiger partial charge is 0.492 e. The Morgan fingerprint density at radius 1 is 1.06 bits per heavy atom. The summed E-state index contributed by atoms with van der Waals surface area (Å²) in [7, 11) is 1.40. The number of carbonyl (C=O) groups excluding carboxylic acids is 1. The van der Waals surface area contributed by atoms with Crippen LogP contribution in [0.25, 0.3) is 17.0 Å². The van der Waals surface area contributed by atoms with Gasteiger partial charge in [0.05, 0.1) is 7.11 Å². The number of ether oxygens (including phenoxy) is 2. The fourth-order valence-electron chi connectivity index (χ4n) is 5.15. The molecule has 36 heavy (non-hydrogen) atoms. The molecule has 3 aromatic carbocycles. The van der Waals surface area contributed by atoms with Crippen LogP contribution < -0.4 is 4.74 Å². The molecule has 1 N–H and O–H groups in total. The van der Waals surface area contributed by atoms with Crippen molar-refractivity contribution in [3.8, 4) is 5.75 Å². The van der Waals surface area contributed by atoms with E-state index in [-0.39, 0.29) is 5.97 Å². The second-order valence-electron chi connectivity index (χ2n) is 9.18. The molecule has 0 saturated carbocycles. The average molecular weight is 481 g/mol. The van der Waals surface area contributed by atoms with Crippen molar-refractivity contribution in [1.82, 2.24) is 9.88 Å². The molecule has 5 rings (SSSR count). The number of benzene rings is 3. The van der Waals surface area contributed by atoms with Crippen LogP contribution in [0.5, 0.6) is 5.75 Å². The molecule has 0 bridgehead atoms. The number of aromatic amines is 1. The quantitative estimate of drug-likeness (QED) is 0.225. The minimum Gasteiger partial charge on any atom is -0.492 e. The van der Waals surface area contributed by atoms with Gasteiger partial charge in [0.2, 0.25) is 0 Å². The highest BCUT2D eigenvalue weighted by Gasteiger charge is 2.28. The lowest BCUT2D eigenvalue weighted by Gasteiger charge is -2.29. The molecular formula is C31H32N2O3. The Morgan fingerprint density at radius 3 is 2.75 bits per heavy atom. The monoisotopic (exact) mass is 480 g/mol. The van der Waals surface area contributed by atoms with Gasteiger partial charge in [0.25, 0.3) is 0 Å². The van der Waals surface area contributed by atoms with Crippen molar-refractivity contribution in [3.05, 3.63) is 107 Å². The molecule has 0 spiro atoms. The van der Waals surface area contributed by atoms with Crippen molar-refractivity contribution >= 4 is 22.9 Å². The van der Waals surface area contributed by atoms with Gasteiger partial charge in [-0.15, -0.1) is 0 Å². The third-order valence-corrected chi connectivity index (χ3v) is 7.00. The van der Waals surface area contributed by atoms with E-state index < -0.39 is 0 Å². The molecule has 1 aliphatic carbocycles. The predicted octanol–water partition coefficient (Wildman–Crippen LogP) is 5.97. The lowest BCUT2D eigenvalue weighted by atomic mass is 10.0. The number of para-hydroxylation sites is 2. The molecule has 184 valence electrons. The first kappa shape index (κ1) is 23.9. The molecule has 1 unspecified atom stereocenters. The zero-order valence-electron chi connectivity index (χ0n) is 20.7. The van der Waals surface area contributed by atoms with Crippen LogP contribution in [0.2, 0.25) is 0 Å². The summed E-state index contributed by atoms with van der Waals surface area (Å²) in [6.45, 7) is 2.45. The van der Waals surface area contributed by atoms with E-state index in [1.807, 2.05) is 36.4 Å². The first-order chi connectivity index (χ1) is 17.7. The molecular weight excluding hydrogens is 448 g/mol. The number of hydrogen-bond acceptors (Lipinski definition) is 4. The number of rotatable bonds is 10. The highest BCUT2D eigenvalue weighted by atomic mass is 16.5. The van der Waals surface area contributed by atoms with E-state index in [1.165, 1.54) is 40.8 Å². The molecule has 1 aromatic heterocycles. The Bertz CT molecular complexity index is 1340. The summed E-state index contributed by atoms with van der Waals surface area (Å²) < 4.78 is 10.8. The number of nitrogens with one attached hydrogen (secondary N) is 1. The summed E-state index contributed by atoms with van der Waals surface area (Å²) in [5, 5.41) is 1.30. The molecule has 5 nitrogen and oxygen atoms in total. The maximum atomic E-state index is 11.5. The van der Waals surface area contributed by atoms with Crippen LogP contribution in [0.4, 0.5) is 0 Å². The third kappa shape index (κ3) is 5.52. The third-order valence-electron chi connectivity index (χ3n) is 7.00. The summed E-state index contributed by atoms with van der Waals surface area (Å²) in [4.78, 5) is 17.5. The molecule has 1 aliphatic rings. The molecule has 1 atom stereocenters.